The molecular weight excluding hydrogens is 222 g/mol. The van der Waals surface area contributed by atoms with Crippen LogP contribution in [0.15, 0.2) is 0 Å². The first-order valence-corrected chi connectivity index (χ1v) is 5.77. The van der Waals surface area contributed by atoms with Gasteiger partial charge in [-0.25, -0.2) is 4.79 Å². The second kappa shape index (κ2) is 9.94. The van der Waals surface area contributed by atoms with E-state index in [0.29, 0.717) is 19.8 Å². The maximum atomic E-state index is 11.6. The van der Waals surface area contributed by atoms with E-state index >= 15 is 0 Å². The zero-order valence-corrected chi connectivity index (χ0v) is 10.8. The van der Waals surface area contributed by atoms with Crippen molar-refractivity contribution in [2.75, 3.05) is 32.9 Å². The highest BCUT2D eigenvalue weighted by molar-refractivity contribution is 5.67. The first-order valence-electron chi connectivity index (χ1n) is 5.77. The Bertz CT molecular complexity index is 243. The third-order valence-corrected chi connectivity index (χ3v) is 1.88. The van der Waals surface area contributed by atoms with Crippen molar-refractivity contribution in [3.05, 3.63) is 0 Å². The molecule has 0 aromatic rings. The van der Waals surface area contributed by atoms with E-state index in [1.807, 2.05) is 13.8 Å². The van der Waals surface area contributed by atoms with Crippen LogP contribution >= 0.6 is 0 Å². The lowest BCUT2D eigenvalue weighted by molar-refractivity contribution is -0.143. The normalized spacial score (nSPS) is 10.1. The second-order valence-electron chi connectivity index (χ2n) is 3.12. The number of amides is 1. The van der Waals surface area contributed by atoms with E-state index in [9.17, 15) is 4.79 Å². The van der Waals surface area contributed by atoms with Crippen molar-refractivity contribution in [1.82, 2.24) is 4.90 Å². The number of carbonyl (C=O) groups excluding carboxylic acids is 1. The van der Waals surface area contributed by atoms with Gasteiger partial charge in [-0.15, -0.1) is 6.42 Å². The topological polar surface area (TPSA) is 48.0 Å². The fourth-order valence-corrected chi connectivity index (χ4v) is 1.23. The predicted octanol–water partition coefficient (Wildman–Crippen LogP) is 1.48. The average Bonchev–Trinajstić information content (AvgIpc) is 2.29. The van der Waals surface area contributed by atoms with Gasteiger partial charge in [-0.2, -0.15) is 0 Å². The van der Waals surface area contributed by atoms with Crippen molar-refractivity contribution in [2.45, 2.75) is 27.1 Å². The molecule has 0 unspecified atom stereocenters. The van der Waals surface area contributed by atoms with Gasteiger partial charge in [0.05, 0.1) is 19.7 Å². The summed E-state index contributed by atoms with van der Waals surface area (Å²) in [6.07, 6.45) is 4.29. The van der Waals surface area contributed by atoms with Gasteiger partial charge in [-0.05, 0) is 20.8 Å². The largest absolute Gasteiger partial charge is 0.450 e. The minimum atomic E-state index is -0.470. The lowest BCUT2D eigenvalue weighted by atomic mass is 10.5. The number of terminal acetylenes is 1. The van der Waals surface area contributed by atoms with E-state index in [1.54, 1.807) is 6.92 Å². The maximum absolute atomic E-state index is 11.6. The minimum absolute atomic E-state index is 0.176. The molecule has 0 atom stereocenters. The van der Waals surface area contributed by atoms with Crippen LogP contribution in [0.3, 0.4) is 0 Å². The Morgan fingerprint density at radius 1 is 1.24 bits per heavy atom. The molecule has 0 aliphatic carbocycles. The zero-order valence-electron chi connectivity index (χ0n) is 10.8. The van der Waals surface area contributed by atoms with Gasteiger partial charge in [0.25, 0.3) is 0 Å². The van der Waals surface area contributed by atoms with Crippen LogP contribution in [0.2, 0.25) is 0 Å². The molecule has 0 rings (SSSR count). The van der Waals surface area contributed by atoms with Gasteiger partial charge in [0.2, 0.25) is 0 Å². The van der Waals surface area contributed by atoms with Crippen LogP contribution in [0.1, 0.15) is 20.8 Å². The van der Waals surface area contributed by atoms with Crippen LogP contribution in [-0.4, -0.2) is 50.2 Å². The molecule has 17 heavy (non-hydrogen) atoms. The Morgan fingerprint density at radius 3 is 2.24 bits per heavy atom. The summed E-state index contributed by atoms with van der Waals surface area (Å²) in [5.74, 6) is 2.41. The number of nitrogens with zero attached hydrogens (tertiary/aromatic N) is 1. The van der Waals surface area contributed by atoms with Crippen LogP contribution in [-0.2, 0) is 14.2 Å². The van der Waals surface area contributed by atoms with E-state index in [1.165, 1.54) is 4.90 Å². The number of rotatable bonds is 8. The molecule has 1 amide bonds. The Hall–Kier alpha value is -1.25. The maximum Gasteiger partial charge on any atom is 0.410 e. The molecule has 0 aromatic heterocycles. The minimum Gasteiger partial charge on any atom is -0.450 e. The summed E-state index contributed by atoms with van der Waals surface area (Å²) in [6.45, 7) is 7.25. The summed E-state index contributed by atoms with van der Waals surface area (Å²) >= 11 is 0. The second-order valence-corrected chi connectivity index (χ2v) is 3.12. The Kier molecular flexibility index (Phi) is 9.21. The SMILES string of the molecule is C#CCN(CC(OCC)OCC)C(=O)OCC. The molecule has 5 heteroatoms. The number of hydrogen-bond donors (Lipinski definition) is 0. The molecule has 0 aliphatic rings. The van der Waals surface area contributed by atoms with Crippen LogP contribution in [0.5, 0.6) is 0 Å². The molecule has 0 saturated carbocycles. The molecule has 0 heterocycles. The highest BCUT2D eigenvalue weighted by atomic mass is 16.7. The smallest absolute Gasteiger partial charge is 0.410 e. The van der Waals surface area contributed by atoms with E-state index < -0.39 is 12.4 Å². The molecule has 0 spiro atoms. The van der Waals surface area contributed by atoms with Gasteiger partial charge in [0.15, 0.2) is 6.29 Å². The van der Waals surface area contributed by atoms with Gasteiger partial charge in [0.1, 0.15) is 0 Å². The summed E-state index contributed by atoms with van der Waals surface area (Å²) in [4.78, 5) is 13.0. The van der Waals surface area contributed by atoms with E-state index in [4.69, 9.17) is 20.6 Å². The molecule has 0 N–H and O–H groups in total. The lowest BCUT2D eigenvalue weighted by Gasteiger charge is -2.25. The Morgan fingerprint density at radius 2 is 1.82 bits per heavy atom. The average molecular weight is 243 g/mol. The summed E-state index contributed by atoms with van der Waals surface area (Å²) < 4.78 is 15.6. The fraction of sp³-hybridized carbons (Fsp3) is 0.750. The van der Waals surface area contributed by atoms with Gasteiger partial charge in [0, 0.05) is 13.2 Å². The number of ether oxygens (including phenoxy) is 3. The van der Waals surface area contributed by atoms with Crippen LogP contribution in [0.25, 0.3) is 0 Å². The fourth-order valence-electron chi connectivity index (χ4n) is 1.23. The first kappa shape index (κ1) is 15.8. The molecule has 0 fully saturated rings. The van der Waals surface area contributed by atoms with Crippen molar-refractivity contribution >= 4 is 6.09 Å². The molecule has 0 aliphatic heterocycles. The summed E-state index contributed by atoms with van der Waals surface area (Å²) in [5, 5.41) is 0. The summed E-state index contributed by atoms with van der Waals surface area (Å²) in [5.41, 5.74) is 0. The Balaban J connectivity index is 4.37. The molecule has 0 saturated heterocycles. The predicted molar refractivity (Wildman–Crippen MR) is 64.5 cm³/mol. The standard InChI is InChI=1S/C12H21NO4/c1-5-9-13(12(14)17-8-4)10-11(15-6-2)16-7-3/h1,11H,6-10H2,2-4H3. The van der Waals surface area contributed by atoms with Gasteiger partial charge in [-0.3, -0.25) is 4.90 Å². The molecule has 0 bridgehead atoms. The molecule has 0 radical (unpaired) electrons. The number of hydrogen-bond acceptors (Lipinski definition) is 4. The monoisotopic (exact) mass is 243 g/mol. The zero-order chi connectivity index (χ0) is 13.1. The van der Waals surface area contributed by atoms with Crippen molar-refractivity contribution < 1.29 is 19.0 Å². The third-order valence-electron chi connectivity index (χ3n) is 1.88. The van der Waals surface area contributed by atoms with E-state index in [2.05, 4.69) is 5.92 Å². The van der Waals surface area contributed by atoms with Gasteiger partial charge >= 0.3 is 6.09 Å². The van der Waals surface area contributed by atoms with Crippen LogP contribution in [0, 0.1) is 12.3 Å². The Labute approximate surface area is 103 Å². The van der Waals surface area contributed by atoms with Gasteiger partial charge in [-0.1, -0.05) is 5.92 Å². The van der Waals surface area contributed by atoms with E-state index in [-0.39, 0.29) is 13.1 Å². The van der Waals surface area contributed by atoms with Crippen LogP contribution < -0.4 is 0 Å². The lowest BCUT2D eigenvalue weighted by Crippen LogP contribution is -2.40. The van der Waals surface area contributed by atoms with Crippen molar-refractivity contribution in [3.8, 4) is 12.3 Å². The highest BCUT2D eigenvalue weighted by Gasteiger charge is 2.19. The molecule has 0 aromatic carbocycles. The quantitative estimate of drug-likeness (QED) is 0.478. The molecule has 5 nitrogen and oxygen atoms in total. The first-order chi connectivity index (χ1) is 8.19. The van der Waals surface area contributed by atoms with E-state index in [0.717, 1.165) is 0 Å². The molecule has 98 valence electrons. The summed E-state index contributed by atoms with van der Waals surface area (Å²) in [7, 11) is 0. The third kappa shape index (κ3) is 6.82. The van der Waals surface area contributed by atoms with Gasteiger partial charge < -0.3 is 14.2 Å². The van der Waals surface area contributed by atoms with Crippen molar-refractivity contribution in [1.29, 1.82) is 0 Å². The van der Waals surface area contributed by atoms with Crippen molar-refractivity contribution in [3.63, 3.8) is 0 Å². The number of carbonyl (C=O) groups is 1. The molecular formula is C12H21NO4. The summed E-state index contributed by atoms with van der Waals surface area (Å²) in [6, 6.07) is 0. The van der Waals surface area contributed by atoms with Crippen LogP contribution in [0.4, 0.5) is 4.79 Å². The highest BCUT2D eigenvalue weighted by Crippen LogP contribution is 2.02. The van der Waals surface area contributed by atoms with Crippen molar-refractivity contribution in [2.24, 2.45) is 0 Å².